The number of hydrogen-bond acceptors (Lipinski definition) is 4. The molecule has 31 heavy (non-hydrogen) atoms. The van der Waals surface area contributed by atoms with Gasteiger partial charge in [-0.1, -0.05) is 41.4 Å². The molecule has 0 bridgehead atoms. The van der Waals surface area contributed by atoms with Gasteiger partial charge in [-0.25, -0.2) is 4.98 Å². The molecule has 0 aliphatic carbocycles. The third-order valence-corrected chi connectivity index (χ3v) is 4.71. The number of anilines is 3. The summed E-state index contributed by atoms with van der Waals surface area (Å²) in [5.41, 5.74) is 1.64. The van der Waals surface area contributed by atoms with Crippen LogP contribution in [-0.2, 0) is 0 Å². The van der Waals surface area contributed by atoms with Crippen molar-refractivity contribution >= 4 is 46.3 Å². The molecule has 7 heteroatoms. The molecule has 4 rings (SSSR count). The number of carbonyl (C=O) groups is 1. The molecule has 154 valence electrons. The van der Waals surface area contributed by atoms with Crippen LogP contribution in [0.3, 0.4) is 0 Å². The van der Waals surface area contributed by atoms with Gasteiger partial charge >= 0.3 is 0 Å². The van der Waals surface area contributed by atoms with Gasteiger partial charge in [0.15, 0.2) is 0 Å². The first-order valence-corrected chi connectivity index (χ1v) is 10.1. The summed E-state index contributed by atoms with van der Waals surface area (Å²) < 4.78 is 5.77. The van der Waals surface area contributed by atoms with Crippen LogP contribution in [0.25, 0.3) is 0 Å². The summed E-state index contributed by atoms with van der Waals surface area (Å²) in [4.78, 5) is 17.1. The predicted molar refractivity (Wildman–Crippen MR) is 125 cm³/mol. The highest BCUT2D eigenvalue weighted by Gasteiger charge is 2.13. The summed E-state index contributed by atoms with van der Waals surface area (Å²) in [6.45, 7) is 0. The topological polar surface area (TPSA) is 63.2 Å². The van der Waals surface area contributed by atoms with E-state index in [0.29, 0.717) is 38.6 Å². The Morgan fingerprint density at radius 1 is 0.774 bits per heavy atom. The van der Waals surface area contributed by atoms with Crippen molar-refractivity contribution in [2.45, 2.75) is 0 Å². The molecule has 0 saturated heterocycles. The van der Waals surface area contributed by atoms with Crippen LogP contribution in [0.2, 0.25) is 10.0 Å². The van der Waals surface area contributed by atoms with E-state index in [1.165, 1.54) is 0 Å². The van der Waals surface area contributed by atoms with Gasteiger partial charge in [0, 0.05) is 27.6 Å². The van der Waals surface area contributed by atoms with E-state index in [1.807, 2.05) is 30.3 Å². The van der Waals surface area contributed by atoms with Crippen molar-refractivity contribution in [1.29, 1.82) is 0 Å². The number of hydrogen-bond donors (Lipinski definition) is 2. The molecule has 0 radical (unpaired) electrons. The van der Waals surface area contributed by atoms with Gasteiger partial charge in [-0.05, 0) is 66.7 Å². The lowest BCUT2D eigenvalue weighted by Gasteiger charge is -2.12. The van der Waals surface area contributed by atoms with Gasteiger partial charge in [0.05, 0.1) is 5.56 Å². The Morgan fingerprint density at radius 2 is 1.45 bits per heavy atom. The molecule has 0 unspecified atom stereocenters. The maximum atomic E-state index is 12.9. The van der Waals surface area contributed by atoms with E-state index in [0.717, 1.165) is 5.75 Å². The summed E-state index contributed by atoms with van der Waals surface area (Å²) in [7, 11) is 0. The summed E-state index contributed by atoms with van der Waals surface area (Å²) in [6.07, 6.45) is 1.60. The van der Waals surface area contributed by atoms with Gasteiger partial charge in [-0.2, -0.15) is 0 Å². The van der Waals surface area contributed by atoms with Gasteiger partial charge in [-0.15, -0.1) is 0 Å². The summed E-state index contributed by atoms with van der Waals surface area (Å²) in [6, 6.07) is 25.0. The number of rotatable bonds is 6. The van der Waals surface area contributed by atoms with E-state index >= 15 is 0 Å². The number of nitrogens with zero attached hydrogens (tertiary/aromatic N) is 1. The highest BCUT2D eigenvalue weighted by Crippen LogP contribution is 2.27. The smallest absolute Gasteiger partial charge is 0.259 e. The number of nitrogens with one attached hydrogen (secondary N) is 2. The third kappa shape index (κ3) is 5.54. The number of amides is 1. The molecule has 0 atom stereocenters. The SMILES string of the molecule is O=C(Nc1ccc(Oc2ccccc2)cc1)c1cccnc1Nc1cc(Cl)cc(Cl)c1. The monoisotopic (exact) mass is 449 g/mol. The number of para-hydroxylation sites is 1. The molecule has 4 aromatic rings. The van der Waals surface area contributed by atoms with E-state index in [4.69, 9.17) is 27.9 Å². The zero-order valence-corrected chi connectivity index (χ0v) is 17.7. The molecular weight excluding hydrogens is 433 g/mol. The van der Waals surface area contributed by atoms with Gasteiger partial charge < -0.3 is 15.4 Å². The lowest BCUT2D eigenvalue weighted by atomic mass is 10.2. The predicted octanol–water partition coefficient (Wildman–Crippen LogP) is 7.18. The molecule has 1 aromatic heterocycles. The lowest BCUT2D eigenvalue weighted by Crippen LogP contribution is -2.14. The Morgan fingerprint density at radius 3 is 2.16 bits per heavy atom. The molecule has 1 heterocycles. The zero-order valence-electron chi connectivity index (χ0n) is 16.2. The average molecular weight is 450 g/mol. The van der Waals surface area contributed by atoms with E-state index < -0.39 is 0 Å². The van der Waals surface area contributed by atoms with Crippen molar-refractivity contribution in [3.8, 4) is 11.5 Å². The molecule has 0 spiro atoms. The normalized spacial score (nSPS) is 10.4. The molecular formula is C24H17Cl2N3O2. The fourth-order valence-electron chi connectivity index (χ4n) is 2.88. The molecule has 0 aliphatic rings. The molecule has 0 fully saturated rings. The second kappa shape index (κ2) is 9.51. The van der Waals surface area contributed by atoms with Crippen LogP contribution in [0.15, 0.2) is 91.1 Å². The zero-order chi connectivity index (χ0) is 21.6. The number of ether oxygens (including phenoxy) is 1. The maximum absolute atomic E-state index is 12.9. The lowest BCUT2D eigenvalue weighted by molar-refractivity contribution is 0.102. The number of carbonyl (C=O) groups excluding carboxylic acids is 1. The fraction of sp³-hybridized carbons (Fsp3) is 0. The molecule has 3 aromatic carbocycles. The number of aromatic nitrogens is 1. The Kier molecular flexibility index (Phi) is 6.36. The van der Waals surface area contributed by atoms with Crippen molar-refractivity contribution in [1.82, 2.24) is 4.98 Å². The quantitative estimate of drug-likeness (QED) is 0.327. The van der Waals surface area contributed by atoms with Crippen molar-refractivity contribution in [2.24, 2.45) is 0 Å². The largest absolute Gasteiger partial charge is 0.457 e. The van der Waals surface area contributed by atoms with E-state index in [1.54, 1.807) is 60.8 Å². The standard InChI is InChI=1S/C24H17Cl2N3O2/c25-16-13-17(26)15-19(14-16)28-23-22(7-4-12-27-23)24(30)29-18-8-10-21(11-9-18)31-20-5-2-1-3-6-20/h1-15H,(H,27,28)(H,29,30). The Hall–Kier alpha value is -3.54. The van der Waals surface area contributed by atoms with E-state index in [2.05, 4.69) is 15.6 Å². The highest BCUT2D eigenvalue weighted by molar-refractivity contribution is 6.35. The minimum Gasteiger partial charge on any atom is -0.457 e. The Bertz CT molecular complexity index is 1180. The summed E-state index contributed by atoms with van der Waals surface area (Å²) in [5, 5.41) is 6.93. The van der Waals surface area contributed by atoms with Gasteiger partial charge in [0.2, 0.25) is 0 Å². The molecule has 0 saturated carbocycles. The van der Waals surface area contributed by atoms with Gasteiger partial charge in [-0.3, -0.25) is 4.79 Å². The van der Waals surface area contributed by atoms with Crippen LogP contribution < -0.4 is 15.4 Å². The van der Waals surface area contributed by atoms with E-state index in [9.17, 15) is 4.79 Å². The fourth-order valence-corrected chi connectivity index (χ4v) is 3.41. The minimum atomic E-state index is -0.305. The van der Waals surface area contributed by atoms with Crippen molar-refractivity contribution in [3.63, 3.8) is 0 Å². The third-order valence-electron chi connectivity index (χ3n) is 4.27. The highest BCUT2D eigenvalue weighted by atomic mass is 35.5. The molecule has 5 nitrogen and oxygen atoms in total. The summed E-state index contributed by atoms with van der Waals surface area (Å²) >= 11 is 12.1. The first-order chi connectivity index (χ1) is 15.1. The van der Waals surface area contributed by atoms with Crippen LogP contribution in [0.4, 0.5) is 17.2 Å². The van der Waals surface area contributed by atoms with Crippen molar-refractivity contribution in [2.75, 3.05) is 10.6 Å². The number of pyridine rings is 1. The van der Waals surface area contributed by atoms with Gasteiger partial charge in [0.25, 0.3) is 5.91 Å². The molecule has 1 amide bonds. The van der Waals surface area contributed by atoms with Crippen LogP contribution in [0.1, 0.15) is 10.4 Å². The maximum Gasteiger partial charge on any atom is 0.259 e. The van der Waals surface area contributed by atoms with Crippen molar-refractivity contribution < 1.29 is 9.53 Å². The molecule has 2 N–H and O–H groups in total. The van der Waals surface area contributed by atoms with Crippen LogP contribution in [-0.4, -0.2) is 10.9 Å². The van der Waals surface area contributed by atoms with Crippen LogP contribution >= 0.6 is 23.2 Å². The first kappa shape index (κ1) is 20.7. The van der Waals surface area contributed by atoms with Crippen molar-refractivity contribution in [3.05, 3.63) is 107 Å². The first-order valence-electron chi connectivity index (χ1n) is 9.39. The number of benzene rings is 3. The number of halogens is 2. The van der Waals surface area contributed by atoms with Crippen LogP contribution in [0.5, 0.6) is 11.5 Å². The van der Waals surface area contributed by atoms with E-state index in [-0.39, 0.29) is 5.91 Å². The van der Waals surface area contributed by atoms with Crippen LogP contribution in [0, 0.1) is 0 Å². The Balaban J connectivity index is 1.47. The average Bonchev–Trinajstić information content (AvgIpc) is 2.75. The second-order valence-electron chi connectivity index (χ2n) is 6.58. The second-order valence-corrected chi connectivity index (χ2v) is 7.45. The Labute approximate surface area is 189 Å². The molecule has 0 aliphatic heterocycles. The summed E-state index contributed by atoms with van der Waals surface area (Å²) in [5.74, 6) is 1.50. The van der Waals surface area contributed by atoms with Gasteiger partial charge in [0.1, 0.15) is 17.3 Å². The minimum absolute atomic E-state index is 0.305.